The molecule has 2 saturated carbocycles. The zero-order chi connectivity index (χ0) is 30.3. The van der Waals surface area contributed by atoms with Crippen molar-refractivity contribution in [3.63, 3.8) is 0 Å². The molecule has 5 rings (SSSR count). The molecule has 1 aliphatic heterocycles. The summed E-state index contributed by atoms with van der Waals surface area (Å²) in [5.41, 5.74) is 0.560. The summed E-state index contributed by atoms with van der Waals surface area (Å²) in [6, 6.07) is 17.0. The molecular weight excluding hydrogens is 554 g/mol. The fourth-order valence-corrected chi connectivity index (χ4v) is 7.29. The van der Waals surface area contributed by atoms with Crippen LogP contribution in [0.2, 0.25) is 0 Å². The Bertz CT molecular complexity index is 1470. The summed E-state index contributed by atoms with van der Waals surface area (Å²) in [6.07, 6.45) is 3.23. The number of carbonyl (C=O) groups excluding carboxylic acids is 3. The van der Waals surface area contributed by atoms with E-state index in [2.05, 4.69) is 16.6 Å². The van der Waals surface area contributed by atoms with E-state index in [1.165, 1.54) is 0 Å². The summed E-state index contributed by atoms with van der Waals surface area (Å²) in [5.74, 6) is -1.82. The van der Waals surface area contributed by atoms with Crippen LogP contribution < -0.4 is 10.0 Å². The quantitative estimate of drug-likeness (QED) is 0.385. The van der Waals surface area contributed by atoms with Crippen LogP contribution in [0.5, 0.6) is 0 Å². The van der Waals surface area contributed by atoms with Gasteiger partial charge in [0.25, 0.3) is 5.91 Å². The first-order valence-corrected chi connectivity index (χ1v) is 16.0. The van der Waals surface area contributed by atoms with E-state index in [1.54, 1.807) is 18.1 Å². The number of nitrogens with one attached hydrogen (secondary N) is 2. The predicted octanol–water partition coefficient (Wildman–Crippen LogP) is 3.51. The molecule has 9 nitrogen and oxygen atoms in total. The monoisotopic (exact) mass is 593 g/mol. The number of methoxy groups -OCH3 is 1. The van der Waals surface area contributed by atoms with E-state index in [-0.39, 0.29) is 37.6 Å². The van der Waals surface area contributed by atoms with Gasteiger partial charge in [0.2, 0.25) is 21.8 Å². The van der Waals surface area contributed by atoms with Crippen LogP contribution in [0.3, 0.4) is 0 Å². The first kappa shape index (κ1) is 30.0. The van der Waals surface area contributed by atoms with E-state index >= 15 is 0 Å². The van der Waals surface area contributed by atoms with Crippen molar-refractivity contribution in [1.82, 2.24) is 14.9 Å². The summed E-state index contributed by atoms with van der Waals surface area (Å²) in [6.45, 7) is 7.81. The van der Waals surface area contributed by atoms with Gasteiger partial charge in [-0.1, -0.05) is 74.5 Å². The van der Waals surface area contributed by atoms with Crippen LogP contribution in [-0.4, -0.2) is 61.5 Å². The Morgan fingerprint density at radius 1 is 1.05 bits per heavy atom. The third-order valence-electron chi connectivity index (χ3n) is 8.69. The minimum Gasteiger partial charge on any atom is -0.372 e. The molecule has 3 aliphatic rings. The van der Waals surface area contributed by atoms with Gasteiger partial charge in [0.15, 0.2) is 0 Å². The van der Waals surface area contributed by atoms with Crippen molar-refractivity contribution in [3.05, 3.63) is 72.8 Å². The molecule has 0 bridgehead atoms. The number of amides is 3. The number of nitrogens with zero attached hydrogens (tertiary/aromatic N) is 1. The number of hydrogen-bond acceptors (Lipinski definition) is 6. The summed E-state index contributed by atoms with van der Waals surface area (Å²) < 4.78 is 33.3. The smallest absolute Gasteiger partial charge is 0.259 e. The molecule has 0 radical (unpaired) electrons. The highest BCUT2D eigenvalue weighted by Gasteiger charge is 2.62. The summed E-state index contributed by atoms with van der Waals surface area (Å²) in [5, 5.41) is 2.26. The lowest BCUT2D eigenvalue weighted by Crippen LogP contribution is -2.56. The van der Waals surface area contributed by atoms with Crippen LogP contribution in [0.15, 0.2) is 67.3 Å². The van der Waals surface area contributed by atoms with Crippen LogP contribution >= 0.6 is 0 Å². The summed E-state index contributed by atoms with van der Waals surface area (Å²) >= 11 is 0. The second-order valence-electron chi connectivity index (χ2n) is 12.2. The Kier molecular flexibility index (Phi) is 8.06. The Hall–Kier alpha value is -3.50. The Labute approximate surface area is 247 Å². The van der Waals surface area contributed by atoms with Crippen LogP contribution in [0, 0.1) is 11.8 Å². The van der Waals surface area contributed by atoms with E-state index < -0.39 is 50.2 Å². The van der Waals surface area contributed by atoms with Crippen LogP contribution in [-0.2, 0) is 34.7 Å². The molecule has 1 heterocycles. The van der Waals surface area contributed by atoms with E-state index in [1.807, 2.05) is 68.4 Å². The lowest BCUT2D eigenvalue weighted by molar-refractivity contribution is -0.140. The van der Waals surface area contributed by atoms with Gasteiger partial charge in [-0.3, -0.25) is 19.1 Å². The molecular formula is C32H39N3O6S. The maximum atomic E-state index is 13.9. The maximum Gasteiger partial charge on any atom is 0.259 e. The van der Waals surface area contributed by atoms with Gasteiger partial charge < -0.3 is 15.0 Å². The average molecular weight is 594 g/mol. The number of hydrogen-bond donors (Lipinski definition) is 2. The van der Waals surface area contributed by atoms with Crippen LogP contribution in [0.4, 0.5) is 0 Å². The standard InChI is InChI=1S/C32H39N3O6S/c1-5-24-18-32(24,30(38)34-42(39,40)26-15-16-26)33-29(37)27-19-31(41-4,20-35(27)28(36)17-21(2)3)25-13-11-23(12-14-25)22-9-7-6-8-10-22/h5-14,21,24,26-27H,1,15-20H2,2-4H3,(H,33,37)(H,34,38)/t24-,27+,31+,32-/m1/s1. The van der Waals surface area contributed by atoms with Crippen LogP contribution in [0.25, 0.3) is 11.1 Å². The highest BCUT2D eigenvalue weighted by atomic mass is 32.2. The van der Waals surface area contributed by atoms with Gasteiger partial charge in [0.05, 0.1) is 11.8 Å². The lowest BCUT2D eigenvalue weighted by Gasteiger charge is -2.29. The van der Waals surface area contributed by atoms with Crippen molar-refractivity contribution in [3.8, 4) is 11.1 Å². The summed E-state index contributed by atoms with van der Waals surface area (Å²) in [7, 11) is -2.23. The first-order valence-electron chi connectivity index (χ1n) is 14.5. The molecule has 2 aliphatic carbocycles. The van der Waals surface area contributed by atoms with E-state index in [0.29, 0.717) is 12.8 Å². The van der Waals surface area contributed by atoms with Gasteiger partial charge >= 0.3 is 0 Å². The molecule has 2 aromatic rings. The molecule has 1 saturated heterocycles. The van der Waals surface area contributed by atoms with E-state index in [9.17, 15) is 22.8 Å². The van der Waals surface area contributed by atoms with E-state index in [0.717, 1.165) is 16.7 Å². The van der Waals surface area contributed by atoms with Gasteiger partial charge in [-0.2, -0.15) is 0 Å². The molecule has 0 aromatic heterocycles. The Morgan fingerprint density at radius 3 is 2.24 bits per heavy atom. The fourth-order valence-electron chi connectivity index (χ4n) is 5.93. The zero-order valence-electron chi connectivity index (χ0n) is 24.3. The molecule has 4 atom stereocenters. The Morgan fingerprint density at radius 2 is 1.69 bits per heavy atom. The number of sulfonamides is 1. The zero-order valence-corrected chi connectivity index (χ0v) is 25.2. The third-order valence-corrected chi connectivity index (χ3v) is 10.5. The second kappa shape index (κ2) is 11.3. The second-order valence-corrected chi connectivity index (χ2v) is 14.1. The normalized spacial score (nSPS) is 27.0. The molecule has 0 unspecified atom stereocenters. The van der Waals surface area contributed by atoms with Gasteiger partial charge in [0, 0.05) is 25.9 Å². The van der Waals surface area contributed by atoms with Crippen LogP contribution in [0.1, 0.15) is 51.5 Å². The highest BCUT2D eigenvalue weighted by molar-refractivity contribution is 7.91. The van der Waals surface area contributed by atoms with Gasteiger partial charge in [-0.15, -0.1) is 6.58 Å². The number of likely N-dealkylation sites (tertiary alicyclic amines) is 1. The van der Waals surface area contributed by atoms with Crippen molar-refractivity contribution in [2.24, 2.45) is 11.8 Å². The number of rotatable bonds is 11. The average Bonchev–Trinajstić information content (AvgIpc) is 3.90. The molecule has 2 aromatic carbocycles. The molecule has 0 spiro atoms. The van der Waals surface area contributed by atoms with Crippen molar-refractivity contribution >= 4 is 27.7 Å². The molecule has 10 heteroatoms. The molecule has 2 N–H and O–H groups in total. The van der Waals surface area contributed by atoms with Gasteiger partial charge in [-0.25, -0.2) is 8.42 Å². The van der Waals surface area contributed by atoms with Crippen molar-refractivity contribution in [2.45, 2.75) is 68.4 Å². The molecule has 3 amide bonds. The SMILES string of the molecule is C=C[C@@H]1C[C@]1(NC(=O)[C@@H]1C[C@@](OC)(c2ccc(-c3ccccc3)cc2)CN1C(=O)CC(C)C)C(=O)NS(=O)(=O)C1CC1. The molecule has 3 fully saturated rings. The van der Waals surface area contributed by atoms with Gasteiger partial charge in [-0.05, 0) is 41.9 Å². The number of benzene rings is 2. The van der Waals surface area contributed by atoms with Crippen molar-refractivity contribution in [1.29, 1.82) is 0 Å². The molecule has 42 heavy (non-hydrogen) atoms. The lowest BCUT2D eigenvalue weighted by atomic mass is 9.89. The van der Waals surface area contributed by atoms with Crippen molar-refractivity contribution < 1.29 is 27.5 Å². The van der Waals surface area contributed by atoms with Crippen molar-refractivity contribution in [2.75, 3.05) is 13.7 Å². The predicted molar refractivity (Wildman–Crippen MR) is 159 cm³/mol. The minimum absolute atomic E-state index is 0.0715. The minimum atomic E-state index is -3.81. The summed E-state index contributed by atoms with van der Waals surface area (Å²) in [4.78, 5) is 42.2. The highest BCUT2D eigenvalue weighted by Crippen LogP contribution is 2.46. The topological polar surface area (TPSA) is 122 Å². The first-order chi connectivity index (χ1) is 19.9. The molecule has 224 valence electrons. The fraction of sp³-hybridized carbons (Fsp3) is 0.469. The largest absolute Gasteiger partial charge is 0.372 e. The Balaban J connectivity index is 1.41. The number of ether oxygens (including phenoxy) is 1. The maximum absolute atomic E-state index is 13.9. The number of carbonyl (C=O) groups is 3. The third kappa shape index (κ3) is 5.74. The van der Waals surface area contributed by atoms with Gasteiger partial charge in [0.1, 0.15) is 17.2 Å². The van der Waals surface area contributed by atoms with E-state index in [4.69, 9.17) is 4.74 Å².